The second kappa shape index (κ2) is 7.01. The molecule has 0 unspecified atom stereocenters. The number of nitrogens with zero attached hydrogens (tertiary/aromatic N) is 1. The number of quaternary nitrogens is 1. The lowest BCUT2D eigenvalue weighted by atomic mass is 10.1. The van der Waals surface area contributed by atoms with Crippen LogP contribution in [0.5, 0.6) is 0 Å². The molecular weight excluding hydrogens is 290 g/mol. The number of hydrogen-bond donors (Lipinski definition) is 4. The summed E-state index contributed by atoms with van der Waals surface area (Å²) in [5, 5.41) is 38.7. The van der Waals surface area contributed by atoms with Crippen LogP contribution in [0.25, 0.3) is 0 Å². The molecule has 1 rings (SSSR count). The van der Waals surface area contributed by atoms with Crippen LogP contribution in [0.15, 0.2) is 0 Å². The number of unbranched alkanes of at least 4 members (excludes halogenated alkanes) is 1. The molecule has 17 heavy (non-hydrogen) atoms. The first-order valence-corrected chi connectivity index (χ1v) is 5.95. The van der Waals surface area contributed by atoms with E-state index in [1.165, 1.54) is 0 Å². The number of likely N-dealkylation sites (N-methyl/N-ethyl adjacent to an activating group) is 1. The molecule has 0 aromatic rings. The van der Waals surface area contributed by atoms with Gasteiger partial charge in [0.25, 0.3) is 0 Å². The third-order valence-corrected chi connectivity index (χ3v) is 3.45. The lowest BCUT2D eigenvalue weighted by Crippen LogP contribution is -3.00. The Morgan fingerprint density at radius 1 is 1.00 bits per heavy atom. The minimum absolute atomic E-state index is 0. The Balaban J connectivity index is 0.00000256. The molecule has 6 heteroatoms. The summed E-state index contributed by atoms with van der Waals surface area (Å²) in [7, 11) is 1.94. The van der Waals surface area contributed by atoms with E-state index in [-0.39, 0.29) is 17.0 Å². The number of aliphatic hydroxyl groups excluding tert-OH is 4. The van der Waals surface area contributed by atoms with E-state index in [9.17, 15) is 20.4 Å². The highest BCUT2D eigenvalue weighted by molar-refractivity contribution is 4.84. The molecule has 0 aromatic carbocycles. The van der Waals surface area contributed by atoms with E-state index in [0.717, 1.165) is 19.4 Å². The van der Waals surface area contributed by atoms with Crippen LogP contribution in [-0.2, 0) is 0 Å². The predicted octanol–water partition coefficient (Wildman–Crippen LogP) is -4.31. The van der Waals surface area contributed by atoms with Crippen LogP contribution in [0.4, 0.5) is 0 Å². The van der Waals surface area contributed by atoms with Gasteiger partial charge < -0.3 is 41.9 Å². The first-order valence-electron chi connectivity index (χ1n) is 5.95. The minimum atomic E-state index is -1.25. The highest BCUT2D eigenvalue weighted by Gasteiger charge is 2.42. The van der Waals surface area contributed by atoms with Crippen molar-refractivity contribution < 1.29 is 41.9 Å². The quantitative estimate of drug-likeness (QED) is 0.397. The lowest BCUT2D eigenvalue weighted by molar-refractivity contribution is -0.914. The van der Waals surface area contributed by atoms with Gasteiger partial charge in [-0.1, -0.05) is 13.3 Å². The van der Waals surface area contributed by atoms with Crippen molar-refractivity contribution in [1.29, 1.82) is 0 Å². The van der Waals surface area contributed by atoms with Gasteiger partial charge in [-0.2, -0.15) is 0 Å². The molecule has 1 fully saturated rings. The Kier molecular flexibility index (Phi) is 7.13. The van der Waals surface area contributed by atoms with Gasteiger partial charge in [0.1, 0.15) is 37.5 Å². The number of aliphatic hydroxyl groups is 4. The molecule has 1 aliphatic heterocycles. The van der Waals surface area contributed by atoms with Gasteiger partial charge in [0.05, 0.1) is 13.6 Å². The van der Waals surface area contributed by atoms with Gasteiger partial charge in [-0.3, -0.25) is 0 Å². The molecule has 0 bridgehead atoms. The zero-order chi connectivity index (χ0) is 12.3. The Labute approximate surface area is 113 Å². The smallest absolute Gasteiger partial charge is 0.131 e. The molecule has 4 N–H and O–H groups in total. The molecule has 0 spiro atoms. The van der Waals surface area contributed by atoms with E-state index < -0.39 is 24.4 Å². The molecule has 4 atom stereocenters. The van der Waals surface area contributed by atoms with E-state index in [1.54, 1.807) is 0 Å². The van der Waals surface area contributed by atoms with Crippen molar-refractivity contribution in [3.8, 4) is 0 Å². The molecule has 0 radical (unpaired) electrons. The summed E-state index contributed by atoms with van der Waals surface area (Å²) in [5.74, 6) is 0. The van der Waals surface area contributed by atoms with Crippen LogP contribution in [0.2, 0.25) is 0 Å². The number of likely N-dealkylation sites (tertiary alicyclic amines) is 1. The molecule has 5 nitrogen and oxygen atoms in total. The van der Waals surface area contributed by atoms with Gasteiger partial charge >= 0.3 is 0 Å². The topological polar surface area (TPSA) is 80.9 Å². The first kappa shape index (κ1) is 17.3. The largest absolute Gasteiger partial charge is 1.00 e. The Hall–Kier alpha value is 0.280. The summed E-state index contributed by atoms with van der Waals surface area (Å²) in [5.41, 5.74) is 0. The maximum atomic E-state index is 9.74. The average molecular weight is 314 g/mol. The Morgan fingerprint density at radius 2 is 1.41 bits per heavy atom. The number of rotatable bonds is 3. The second-order valence-corrected chi connectivity index (χ2v) is 5.18. The van der Waals surface area contributed by atoms with Crippen LogP contribution >= 0.6 is 0 Å². The molecule has 1 saturated heterocycles. The molecule has 0 aromatic heterocycles. The van der Waals surface area contributed by atoms with Gasteiger partial charge in [0.15, 0.2) is 0 Å². The van der Waals surface area contributed by atoms with E-state index in [4.69, 9.17) is 0 Å². The fraction of sp³-hybridized carbons (Fsp3) is 1.00. The minimum Gasteiger partial charge on any atom is -1.00 e. The highest BCUT2D eigenvalue weighted by Crippen LogP contribution is 2.19. The van der Waals surface area contributed by atoms with Crippen molar-refractivity contribution >= 4 is 0 Å². The summed E-state index contributed by atoms with van der Waals surface area (Å²) in [6.07, 6.45) is -2.41. The zero-order valence-corrected chi connectivity index (χ0v) is 12.0. The van der Waals surface area contributed by atoms with Crippen molar-refractivity contribution in [3.05, 3.63) is 0 Å². The summed E-state index contributed by atoms with van der Waals surface area (Å²) in [4.78, 5) is 0. The third-order valence-electron chi connectivity index (χ3n) is 3.45. The van der Waals surface area contributed by atoms with Crippen LogP contribution in [0, 0.1) is 0 Å². The second-order valence-electron chi connectivity index (χ2n) is 5.18. The molecule has 0 aliphatic carbocycles. The summed E-state index contributed by atoms with van der Waals surface area (Å²) in [6, 6.07) is 0. The van der Waals surface area contributed by atoms with Gasteiger partial charge in [0.2, 0.25) is 0 Å². The maximum Gasteiger partial charge on any atom is 0.131 e. The third kappa shape index (κ3) is 4.46. The van der Waals surface area contributed by atoms with E-state index >= 15 is 0 Å². The van der Waals surface area contributed by atoms with Crippen LogP contribution < -0.4 is 17.0 Å². The molecule has 0 saturated carbocycles. The van der Waals surface area contributed by atoms with Crippen molar-refractivity contribution in [2.75, 3.05) is 26.7 Å². The Bertz CT molecular complexity index is 214. The van der Waals surface area contributed by atoms with E-state index in [2.05, 4.69) is 6.92 Å². The zero-order valence-electron chi connectivity index (χ0n) is 10.5. The van der Waals surface area contributed by atoms with Gasteiger partial charge in [-0.15, -0.1) is 0 Å². The number of halogens is 1. The summed E-state index contributed by atoms with van der Waals surface area (Å²) in [6.45, 7) is 3.66. The number of hydrogen-bond acceptors (Lipinski definition) is 4. The van der Waals surface area contributed by atoms with Crippen molar-refractivity contribution in [1.82, 2.24) is 0 Å². The Morgan fingerprint density at radius 3 is 1.76 bits per heavy atom. The fourth-order valence-electron chi connectivity index (χ4n) is 2.37. The highest BCUT2D eigenvalue weighted by atomic mass is 79.9. The monoisotopic (exact) mass is 313 g/mol. The van der Waals surface area contributed by atoms with E-state index in [1.807, 2.05) is 7.05 Å². The molecule has 0 amide bonds. The molecule has 1 heterocycles. The van der Waals surface area contributed by atoms with Crippen molar-refractivity contribution in [3.63, 3.8) is 0 Å². The van der Waals surface area contributed by atoms with Gasteiger partial charge in [-0.25, -0.2) is 0 Å². The SMILES string of the molecule is CCCC[N+]1(C)C[C@@H](O)[C@@H](O)[C@H](O)[C@H](O)C1.[Br-]. The lowest BCUT2D eigenvalue weighted by Gasteiger charge is -2.35. The molecule has 104 valence electrons. The average Bonchev–Trinajstić information content (AvgIpc) is 2.29. The van der Waals surface area contributed by atoms with Crippen LogP contribution in [-0.4, -0.2) is 76.0 Å². The molecule has 1 aliphatic rings. The van der Waals surface area contributed by atoms with Gasteiger partial charge in [-0.05, 0) is 6.42 Å². The van der Waals surface area contributed by atoms with Crippen LogP contribution in [0.3, 0.4) is 0 Å². The summed E-state index contributed by atoms with van der Waals surface area (Å²) < 4.78 is 0.490. The van der Waals surface area contributed by atoms with Crippen molar-refractivity contribution in [2.45, 2.75) is 44.2 Å². The normalized spacial score (nSPS) is 42.7. The van der Waals surface area contributed by atoms with Crippen LogP contribution in [0.1, 0.15) is 19.8 Å². The maximum absolute atomic E-state index is 9.74. The summed E-state index contributed by atoms with van der Waals surface area (Å²) >= 11 is 0. The standard InChI is InChI=1S/C11H24NO4.BrH/c1-3-4-5-12(2)6-8(13)10(15)11(16)9(14)7-12;/h8-11,13-16H,3-7H2,1-2H3;1H/q+1;/p-1/t8-,9-,10-,11-;/m1./s1. The molecular formula is C11H24BrNO4. The fourth-order valence-corrected chi connectivity index (χ4v) is 2.37. The first-order chi connectivity index (χ1) is 7.39. The van der Waals surface area contributed by atoms with Crippen molar-refractivity contribution in [2.24, 2.45) is 0 Å². The van der Waals surface area contributed by atoms with E-state index in [0.29, 0.717) is 17.6 Å². The predicted molar refractivity (Wildman–Crippen MR) is 59.7 cm³/mol. The van der Waals surface area contributed by atoms with Gasteiger partial charge in [0, 0.05) is 0 Å².